The molecule has 2 aliphatic rings. The van der Waals surface area contributed by atoms with Crippen molar-refractivity contribution in [2.45, 2.75) is 32.6 Å². The van der Waals surface area contributed by atoms with Crippen LogP contribution in [0.4, 0.5) is 5.82 Å². The summed E-state index contributed by atoms with van der Waals surface area (Å²) in [6, 6.07) is 1.98. The van der Waals surface area contributed by atoms with Gasteiger partial charge < -0.3 is 5.32 Å². The Morgan fingerprint density at radius 2 is 2.28 bits per heavy atom. The maximum Gasteiger partial charge on any atom is 0.228 e. The molecule has 1 aromatic heterocycles. The number of hydrogen-bond donors (Lipinski definition) is 1. The van der Waals surface area contributed by atoms with Crippen LogP contribution in [-0.4, -0.2) is 10.9 Å². The molecule has 18 heavy (non-hydrogen) atoms. The molecule has 3 nitrogen and oxygen atoms in total. The van der Waals surface area contributed by atoms with Crippen LogP contribution in [0.15, 0.2) is 16.7 Å². The quantitative estimate of drug-likeness (QED) is 0.908. The van der Waals surface area contributed by atoms with E-state index < -0.39 is 0 Å². The van der Waals surface area contributed by atoms with Crippen molar-refractivity contribution in [3.8, 4) is 0 Å². The smallest absolute Gasteiger partial charge is 0.228 e. The molecule has 2 bridgehead atoms. The summed E-state index contributed by atoms with van der Waals surface area (Å²) < 4.78 is 0.943. The van der Waals surface area contributed by atoms with Gasteiger partial charge in [-0.1, -0.05) is 6.42 Å². The number of hydrogen-bond acceptors (Lipinski definition) is 2. The normalized spacial score (nSPS) is 29.6. The second kappa shape index (κ2) is 4.65. The highest BCUT2D eigenvalue weighted by Gasteiger charge is 2.43. The Morgan fingerprint density at radius 1 is 1.44 bits per heavy atom. The van der Waals surface area contributed by atoms with E-state index in [2.05, 4.69) is 26.2 Å². The minimum Gasteiger partial charge on any atom is -0.310 e. The Kier molecular flexibility index (Phi) is 3.14. The lowest BCUT2D eigenvalue weighted by Gasteiger charge is -2.20. The van der Waals surface area contributed by atoms with E-state index in [1.807, 2.05) is 13.0 Å². The van der Waals surface area contributed by atoms with Gasteiger partial charge in [0.15, 0.2) is 0 Å². The van der Waals surface area contributed by atoms with Crippen molar-refractivity contribution in [2.24, 2.45) is 17.8 Å². The van der Waals surface area contributed by atoms with Crippen LogP contribution >= 0.6 is 15.9 Å². The molecule has 96 valence electrons. The topological polar surface area (TPSA) is 42.0 Å². The van der Waals surface area contributed by atoms with Gasteiger partial charge in [0.25, 0.3) is 0 Å². The molecular formula is C14H17BrN2O. The Hall–Kier alpha value is -0.900. The van der Waals surface area contributed by atoms with E-state index in [0.29, 0.717) is 11.7 Å². The average molecular weight is 309 g/mol. The molecule has 0 aromatic carbocycles. The highest BCUT2D eigenvalue weighted by molar-refractivity contribution is 9.10. The zero-order valence-electron chi connectivity index (χ0n) is 10.4. The zero-order chi connectivity index (χ0) is 12.7. The maximum absolute atomic E-state index is 12.3. The lowest BCUT2D eigenvalue weighted by Crippen LogP contribution is -2.27. The summed E-state index contributed by atoms with van der Waals surface area (Å²) in [5.74, 6) is 2.50. The molecule has 0 saturated heterocycles. The summed E-state index contributed by atoms with van der Waals surface area (Å²) in [5.41, 5.74) is 1.00. The second-order valence-electron chi connectivity index (χ2n) is 5.59. The number of amides is 1. The van der Waals surface area contributed by atoms with Crippen molar-refractivity contribution in [2.75, 3.05) is 5.32 Å². The number of fused-ring (bicyclic) bond motifs is 2. The fraction of sp³-hybridized carbons (Fsp3) is 0.571. The minimum absolute atomic E-state index is 0.167. The van der Waals surface area contributed by atoms with E-state index in [-0.39, 0.29) is 11.8 Å². The standard InChI is InChI=1S/C14H17BrN2O/c1-8-4-11(15)7-16-13(8)17-14(18)12-6-9-2-3-10(12)5-9/h4,7,9-10,12H,2-3,5-6H2,1H3,(H,16,17,18). The van der Waals surface area contributed by atoms with E-state index in [0.717, 1.165) is 22.4 Å². The third kappa shape index (κ3) is 2.18. The van der Waals surface area contributed by atoms with Crippen molar-refractivity contribution in [1.82, 2.24) is 4.98 Å². The maximum atomic E-state index is 12.3. The Labute approximate surface area is 116 Å². The Morgan fingerprint density at radius 3 is 2.89 bits per heavy atom. The molecule has 3 atom stereocenters. The number of aryl methyl sites for hydroxylation is 1. The van der Waals surface area contributed by atoms with Gasteiger partial charge in [-0.3, -0.25) is 4.79 Å². The molecule has 0 aliphatic heterocycles. The molecule has 1 heterocycles. The number of anilines is 1. The molecule has 3 unspecified atom stereocenters. The highest BCUT2D eigenvalue weighted by atomic mass is 79.9. The lowest BCUT2D eigenvalue weighted by molar-refractivity contribution is -0.121. The molecule has 0 radical (unpaired) electrons. The number of carbonyl (C=O) groups is 1. The number of carbonyl (C=O) groups excluding carboxylic acids is 1. The molecule has 2 fully saturated rings. The number of pyridine rings is 1. The summed E-state index contributed by atoms with van der Waals surface area (Å²) in [6.45, 7) is 1.97. The highest BCUT2D eigenvalue weighted by Crippen LogP contribution is 2.48. The lowest BCUT2D eigenvalue weighted by atomic mass is 9.88. The Balaban J connectivity index is 1.71. The van der Waals surface area contributed by atoms with Crippen LogP contribution in [0.2, 0.25) is 0 Å². The van der Waals surface area contributed by atoms with Gasteiger partial charge in [-0.05, 0) is 65.6 Å². The van der Waals surface area contributed by atoms with E-state index in [4.69, 9.17) is 0 Å². The van der Waals surface area contributed by atoms with Crippen LogP contribution in [0.5, 0.6) is 0 Å². The van der Waals surface area contributed by atoms with Crippen molar-refractivity contribution >= 4 is 27.7 Å². The van der Waals surface area contributed by atoms with Crippen LogP contribution in [-0.2, 0) is 4.79 Å². The number of nitrogens with zero attached hydrogens (tertiary/aromatic N) is 1. The van der Waals surface area contributed by atoms with Crippen molar-refractivity contribution in [1.29, 1.82) is 0 Å². The summed E-state index contributed by atoms with van der Waals surface area (Å²) >= 11 is 3.38. The van der Waals surface area contributed by atoms with Crippen LogP contribution in [0.25, 0.3) is 0 Å². The van der Waals surface area contributed by atoms with Crippen LogP contribution in [0.1, 0.15) is 31.2 Å². The largest absolute Gasteiger partial charge is 0.310 e. The van der Waals surface area contributed by atoms with Crippen molar-refractivity contribution < 1.29 is 4.79 Å². The SMILES string of the molecule is Cc1cc(Br)cnc1NC(=O)C1CC2CCC1C2. The molecule has 1 amide bonds. The number of halogens is 1. The van der Waals surface area contributed by atoms with E-state index in [1.54, 1.807) is 6.20 Å². The molecule has 1 aromatic rings. The van der Waals surface area contributed by atoms with Crippen LogP contribution in [0.3, 0.4) is 0 Å². The summed E-state index contributed by atoms with van der Waals surface area (Å²) in [5, 5.41) is 2.99. The first kappa shape index (κ1) is 12.2. The average Bonchev–Trinajstić information content (AvgIpc) is 2.94. The number of aromatic nitrogens is 1. The Bertz CT molecular complexity index is 489. The predicted octanol–water partition coefficient (Wildman–Crippen LogP) is 3.53. The molecule has 3 rings (SSSR count). The summed E-state index contributed by atoms with van der Waals surface area (Å²) in [4.78, 5) is 16.6. The van der Waals surface area contributed by atoms with Crippen molar-refractivity contribution in [3.05, 3.63) is 22.3 Å². The minimum atomic E-state index is 0.167. The molecule has 0 spiro atoms. The fourth-order valence-corrected chi connectivity index (χ4v) is 3.89. The molecule has 2 aliphatic carbocycles. The first-order valence-corrected chi connectivity index (χ1v) is 7.36. The summed E-state index contributed by atoms with van der Waals surface area (Å²) in [7, 11) is 0. The van der Waals surface area contributed by atoms with Gasteiger partial charge in [0.05, 0.1) is 0 Å². The van der Waals surface area contributed by atoms with Gasteiger partial charge in [0.2, 0.25) is 5.91 Å². The van der Waals surface area contributed by atoms with Gasteiger partial charge in [0, 0.05) is 16.6 Å². The van der Waals surface area contributed by atoms with E-state index in [9.17, 15) is 4.79 Å². The third-order valence-electron chi connectivity index (χ3n) is 4.36. The van der Waals surface area contributed by atoms with E-state index in [1.165, 1.54) is 19.3 Å². The molecular weight excluding hydrogens is 292 g/mol. The first-order valence-electron chi connectivity index (χ1n) is 6.56. The first-order chi connectivity index (χ1) is 8.63. The molecule has 1 N–H and O–H groups in total. The van der Waals surface area contributed by atoms with Gasteiger partial charge in [-0.15, -0.1) is 0 Å². The predicted molar refractivity (Wildman–Crippen MR) is 74.2 cm³/mol. The van der Waals surface area contributed by atoms with Gasteiger partial charge in [-0.25, -0.2) is 4.98 Å². The zero-order valence-corrected chi connectivity index (χ0v) is 12.0. The van der Waals surface area contributed by atoms with E-state index >= 15 is 0 Å². The molecule has 4 heteroatoms. The number of rotatable bonds is 2. The second-order valence-corrected chi connectivity index (χ2v) is 6.51. The van der Waals surface area contributed by atoms with Crippen LogP contribution in [0, 0.1) is 24.7 Å². The summed E-state index contributed by atoms with van der Waals surface area (Å²) in [6.07, 6.45) is 6.61. The van der Waals surface area contributed by atoms with Crippen molar-refractivity contribution in [3.63, 3.8) is 0 Å². The third-order valence-corrected chi connectivity index (χ3v) is 4.80. The van der Waals surface area contributed by atoms with Crippen LogP contribution < -0.4 is 5.32 Å². The monoisotopic (exact) mass is 308 g/mol. The number of nitrogens with one attached hydrogen (secondary N) is 1. The van der Waals surface area contributed by atoms with Gasteiger partial charge in [0.1, 0.15) is 5.82 Å². The fourth-order valence-electron chi connectivity index (χ4n) is 3.45. The molecule has 2 saturated carbocycles. The van der Waals surface area contributed by atoms with Gasteiger partial charge >= 0.3 is 0 Å². The van der Waals surface area contributed by atoms with Gasteiger partial charge in [-0.2, -0.15) is 0 Å².